The number of carbonyl (C=O) groups is 2. The number of imide groups is 1. The molecule has 2 rings (SSSR count). The molecule has 2 amide bonds. The number of anilines is 1. The Balaban J connectivity index is 0.000000861. The van der Waals surface area contributed by atoms with Crippen LogP contribution in [0.5, 0.6) is 0 Å². The molecule has 0 spiro atoms. The number of piperidine rings is 1. The van der Waals surface area contributed by atoms with Crippen molar-refractivity contribution in [1.82, 2.24) is 5.32 Å². The number of benzene rings is 1. The van der Waals surface area contributed by atoms with Gasteiger partial charge in [-0.3, -0.25) is 14.9 Å². The van der Waals surface area contributed by atoms with Crippen molar-refractivity contribution in [2.45, 2.75) is 46.1 Å². The molecule has 1 atom stereocenters. The van der Waals surface area contributed by atoms with Crippen LogP contribution < -0.4 is 10.6 Å². The van der Waals surface area contributed by atoms with E-state index in [1.807, 2.05) is 32.0 Å². The average molecular weight is 262 g/mol. The van der Waals surface area contributed by atoms with E-state index < -0.39 is 0 Å². The van der Waals surface area contributed by atoms with E-state index in [0.717, 1.165) is 12.1 Å². The predicted molar refractivity (Wildman–Crippen MR) is 77.0 cm³/mol. The van der Waals surface area contributed by atoms with Gasteiger partial charge in [0.05, 0.1) is 0 Å². The summed E-state index contributed by atoms with van der Waals surface area (Å²) in [5.74, 6) is -0.418. The summed E-state index contributed by atoms with van der Waals surface area (Å²) in [7, 11) is 0. The molecular weight excluding hydrogens is 240 g/mol. The number of nitrogens with one attached hydrogen (secondary N) is 2. The summed E-state index contributed by atoms with van der Waals surface area (Å²) in [6, 6.07) is 7.68. The highest BCUT2D eigenvalue weighted by atomic mass is 16.2. The largest absolute Gasteiger partial charge is 0.374 e. The fraction of sp³-hybridized carbons (Fsp3) is 0.467. The van der Waals surface area contributed by atoms with Gasteiger partial charge in [-0.1, -0.05) is 32.9 Å². The Hall–Kier alpha value is -1.84. The molecule has 1 aromatic rings. The zero-order valence-corrected chi connectivity index (χ0v) is 11.8. The lowest BCUT2D eigenvalue weighted by atomic mass is 10.1. The molecule has 0 saturated carbocycles. The predicted octanol–water partition coefficient (Wildman–Crippen LogP) is 2.49. The first kappa shape index (κ1) is 15.2. The van der Waals surface area contributed by atoms with Crippen LogP contribution in [0.3, 0.4) is 0 Å². The normalized spacial score (nSPS) is 18.2. The Morgan fingerprint density at radius 1 is 1.32 bits per heavy atom. The molecule has 0 bridgehead atoms. The molecule has 1 saturated heterocycles. The van der Waals surface area contributed by atoms with Crippen LogP contribution in [0.25, 0.3) is 0 Å². The second-order valence-corrected chi connectivity index (χ2v) is 4.20. The third-order valence-corrected chi connectivity index (χ3v) is 2.92. The topological polar surface area (TPSA) is 58.2 Å². The molecule has 0 radical (unpaired) electrons. The van der Waals surface area contributed by atoms with Crippen LogP contribution in [-0.2, 0) is 16.0 Å². The molecule has 1 aromatic carbocycles. The molecule has 4 nitrogen and oxygen atoms in total. The molecule has 2 N–H and O–H groups in total. The molecule has 1 unspecified atom stereocenters. The van der Waals surface area contributed by atoms with Crippen LogP contribution in [-0.4, -0.2) is 17.9 Å². The molecule has 4 heteroatoms. The third kappa shape index (κ3) is 4.39. The smallest absolute Gasteiger partial charge is 0.249 e. The minimum absolute atomic E-state index is 0.185. The molecule has 104 valence electrons. The SMILES string of the molecule is CC.CCc1cccc(NC2CCC(=O)NC2=O)c1. The molecule has 1 heterocycles. The van der Waals surface area contributed by atoms with Crippen LogP contribution in [0, 0.1) is 0 Å². The summed E-state index contributed by atoms with van der Waals surface area (Å²) in [6.45, 7) is 6.09. The maximum Gasteiger partial charge on any atom is 0.249 e. The van der Waals surface area contributed by atoms with Gasteiger partial charge < -0.3 is 5.32 Å². The van der Waals surface area contributed by atoms with Crippen molar-refractivity contribution >= 4 is 17.5 Å². The van der Waals surface area contributed by atoms with E-state index in [1.54, 1.807) is 0 Å². The minimum Gasteiger partial charge on any atom is -0.374 e. The molecule has 1 aliphatic heterocycles. The molecule has 1 aliphatic rings. The van der Waals surface area contributed by atoms with Gasteiger partial charge in [-0.15, -0.1) is 0 Å². The summed E-state index contributed by atoms with van der Waals surface area (Å²) in [4.78, 5) is 22.6. The van der Waals surface area contributed by atoms with Crippen molar-refractivity contribution in [2.24, 2.45) is 0 Å². The average Bonchev–Trinajstić information content (AvgIpc) is 2.44. The fourth-order valence-corrected chi connectivity index (χ4v) is 1.91. The summed E-state index contributed by atoms with van der Waals surface area (Å²) in [5, 5.41) is 5.50. The summed E-state index contributed by atoms with van der Waals surface area (Å²) >= 11 is 0. The van der Waals surface area contributed by atoms with Crippen LogP contribution in [0.4, 0.5) is 5.69 Å². The van der Waals surface area contributed by atoms with Gasteiger partial charge in [0.25, 0.3) is 0 Å². The lowest BCUT2D eigenvalue weighted by Gasteiger charge is -2.22. The first-order valence-electron chi connectivity index (χ1n) is 6.88. The Bertz CT molecular complexity index is 444. The molecule has 0 aromatic heterocycles. The van der Waals surface area contributed by atoms with E-state index in [1.165, 1.54) is 5.56 Å². The summed E-state index contributed by atoms with van der Waals surface area (Å²) in [6.07, 6.45) is 1.92. The van der Waals surface area contributed by atoms with Crippen LogP contribution in [0.15, 0.2) is 24.3 Å². The van der Waals surface area contributed by atoms with Crippen LogP contribution in [0.2, 0.25) is 0 Å². The zero-order valence-electron chi connectivity index (χ0n) is 11.8. The molecule has 19 heavy (non-hydrogen) atoms. The number of hydrogen-bond acceptors (Lipinski definition) is 3. The van der Waals surface area contributed by atoms with E-state index in [9.17, 15) is 9.59 Å². The number of aryl methyl sites for hydroxylation is 1. The second-order valence-electron chi connectivity index (χ2n) is 4.20. The first-order valence-corrected chi connectivity index (χ1v) is 6.88. The van der Waals surface area contributed by atoms with Gasteiger partial charge >= 0.3 is 0 Å². The molecule has 1 fully saturated rings. The standard InChI is InChI=1S/C13H16N2O2.C2H6/c1-2-9-4-3-5-10(8-9)14-11-6-7-12(16)15-13(11)17;1-2/h3-5,8,11,14H,2,6-7H2,1H3,(H,15,16,17);1-2H3. The van der Waals surface area contributed by atoms with Gasteiger partial charge in [0.15, 0.2) is 0 Å². The third-order valence-electron chi connectivity index (χ3n) is 2.92. The van der Waals surface area contributed by atoms with E-state index in [4.69, 9.17) is 0 Å². The summed E-state index contributed by atoms with van der Waals surface area (Å²) in [5.41, 5.74) is 2.15. The highest BCUT2D eigenvalue weighted by molar-refractivity contribution is 6.01. The van der Waals surface area contributed by atoms with Gasteiger partial charge in [-0.05, 0) is 30.5 Å². The van der Waals surface area contributed by atoms with Crippen molar-refractivity contribution < 1.29 is 9.59 Å². The maximum atomic E-state index is 11.6. The molecular formula is C15H22N2O2. The van der Waals surface area contributed by atoms with Crippen molar-refractivity contribution in [2.75, 3.05) is 5.32 Å². The van der Waals surface area contributed by atoms with Gasteiger partial charge in [-0.2, -0.15) is 0 Å². The lowest BCUT2D eigenvalue weighted by Crippen LogP contribution is -2.47. The zero-order chi connectivity index (χ0) is 14.3. The quantitative estimate of drug-likeness (QED) is 0.823. The van der Waals surface area contributed by atoms with Gasteiger partial charge in [0.1, 0.15) is 6.04 Å². The van der Waals surface area contributed by atoms with Crippen molar-refractivity contribution in [1.29, 1.82) is 0 Å². The van der Waals surface area contributed by atoms with Crippen molar-refractivity contribution in [3.63, 3.8) is 0 Å². The Morgan fingerprint density at radius 3 is 2.68 bits per heavy atom. The number of rotatable bonds is 3. The van der Waals surface area contributed by atoms with E-state index in [0.29, 0.717) is 12.8 Å². The Kier molecular flexibility index (Phi) is 6.06. The minimum atomic E-state index is -0.306. The van der Waals surface area contributed by atoms with E-state index in [-0.39, 0.29) is 17.9 Å². The Labute approximate surface area is 114 Å². The monoisotopic (exact) mass is 262 g/mol. The highest BCUT2D eigenvalue weighted by Crippen LogP contribution is 2.15. The Morgan fingerprint density at radius 2 is 2.05 bits per heavy atom. The maximum absolute atomic E-state index is 11.6. The lowest BCUT2D eigenvalue weighted by molar-refractivity contribution is -0.133. The van der Waals surface area contributed by atoms with Crippen molar-refractivity contribution in [3.05, 3.63) is 29.8 Å². The van der Waals surface area contributed by atoms with Gasteiger partial charge in [-0.25, -0.2) is 0 Å². The van der Waals surface area contributed by atoms with Crippen molar-refractivity contribution in [3.8, 4) is 0 Å². The first-order chi connectivity index (χ1) is 9.19. The highest BCUT2D eigenvalue weighted by Gasteiger charge is 2.26. The van der Waals surface area contributed by atoms with E-state index >= 15 is 0 Å². The van der Waals surface area contributed by atoms with Gasteiger partial charge in [0, 0.05) is 12.1 Å². The number of carbonyl (C=O) groups excluding carboxylic acids is 2. The van der Waals surface area contributed by atoms with Crippen LogP contribution >= 0.6 is 0 Å². The second kappa shape index (κ2) is 7.56. The van der Waals surface area contributed by atoms with Gasteiger partial charge in [0.2, 0.25) is 11.8 Å². The fourth-order valence-electron chi connectivity index (χ4n) is 1.91. The van der Waals surface area contributed by atoms with E-state index in [2.05, 4.69) is 23.6 Å². The number of hydrogen-bond donors (Lipinski definition) is 2. The molecule has 0 aliphatic carbocycles. The summed E-state index contributed by atoms with van der Waals surface area (Å²) < 4.78 is 0. The van der Waals surface area contributed by atoms with Crippen LogP contribution in [0.1, 0.15) is 39.2 Å². The number of amides is 2.